The molecule has 0 spiro atoms. The predicted molar refractivity (Wildman–Crippen MR) is 81.8 cm³/mol. The number of rotatable bonds is 3. The Bertz CT molecular complexity index is 659. The molecule has 0 aliphatic rings. The number of hydrogen-bond acceptors (Lipinski definition) is 4. The van der Waals surface area contributed by atoms with E-state index in [1.165, 1.54) is 10.9 Å². The highest BCUT2D eigenvalue weighted by Crippen LogP contribution is 2.32. The zero-order valence-corrected chi connectivity index (χ0v) is 13.5. The van der Waals surface area contributed by atoms with Crippen molar-refractivity contribution in [1.29, 1.82) is 0 Å². The minimum absolute atomic E-state index is 0.111. The fourth-order valence-corrected chi connectivity index (χ4v) is 2.64. The van der Waals surface area contributed by atoms with Crippen LogP contribution >= 0.6 is 31.9 Å². The quantitative estimate of drug-likeness (QED) is 0.612. The number of hydrogen-bond donors (Lipinski definition) is 2. The molecule has 6 nitrogen and oxygen atoms in total. The van der Waals surface area contributed by atoms with Gasteiger partial charge >= 0.3 is 0 Å². The number of carbonyl (C=O) groups is 1. The molecule has 20 heavy (non-hydrogen) atoms. The topological polar surface area (TPSA) is 79.5 Å². The van der Waals surface area contributed by atoms with Gasteiger partial charge < -0.3 is 5.11 Å². The first-order valence-corrected chi connectivity index (χ1v) is 7.07. The Morgan fingerprint density at radius 3 is 2.65 bits per heavy atom. The minimum Gasteiger partial charge on any atom is -0.506 e. The van der Waals surface area contributed by atoms with Crippen LogP contribution in [0.5, 0.6) is 5.75 Å². The molecule has 1 amide bonds. The Kier molecular flexibility index (Phi) is 4.56. The van der Waals surface area contributed by atoms with Gasteiger partial charge in [0.1, 0.15) is 5.75 Å². The van der Waals surface area contributed by atoms with Crippen molar-refractivity contribution >= 4 is 44.0 Å². The van der Waals surface area contributed by atoms with E-state index in [9.17, 15) is 9.90 Å². The summed E-state index contributed by atoms with van der Waals surface area (Å²) < 4.78 is 2.60. The monoisotopic (exact) mass is 400 g/mol. The van der Waals surface area contributed by atoms with Crippen molar-refractivity contribution in [2.75, 3.05) is 0 Å². The van der Waals surface area contributed by atoms with Crippen LogP contribution in [0.4, 0.5) is 0 Å². The molecule has 1 heterocycles. The lowest BCUT2D eigenvalue weighted by Gasteiger charge is -2.02. The van der Waals surface area contributed by atoms with Crippen molar-refractivity contribution < 1.29 is 9.90 Å². The molecule has 2 N–H and O–H groups in total. The average Bonchev–Trinajstić information content (AvgIpc) is 2.82. The van der Waals surface area contributed by atoms with E-state index in [4.69, 9.17) is 0 Å². The van der Waals surface area contributed by atoms with E-state index in [0.29, 0.717) is 14.5 Å². The second-order valence-electron chi connectivity index (χ2n) is 3.91. The molecule has 0 saturated carbocycles. The maximum Gasteiger partial charge on any atom is 0.291 e. The van der Waals surface area contributed by atoms with Crippen LogP contribution in [0.15, 0.2) is 38.4 Å². The van der Waals surface area contributed by atoms with Gasteiger partial charge in [0.2, 0.25) is 0 Å². The maximum atomic E-state index is 11.7. The standard InChI is InChI=1S/C12H10Br2N4O2/c1-18-3-2-10(17-18)12(20)16-15-6-7-4-8(13)11(19)9(14)5-7/h2-6,19H,1H3,(H,16,20)/b15-6+. The number of nitrogens with zero attached hydrogens (tertiary/aromatic N) is 3. The molecule has 1 aromatic heterocycles. The number of nitrogens with one attached hydrogen (secondary N) is 1. The summed E-state index contributed by atoms with van der Waals surface area (Å²) in [4.78, 5) is 11.7. The molecule has 0 saturated heterocycles. The molecular weight excluding hydrogens is 392 g/mol. The van der Waals surface area contributed by atoms with Gasteiger partial charge in [-0.05, 0) is 55.6 Å². The maximum absolute atomic E-state index is 11.7. The predicted octanol–water partition coefficient (Wildman–Crippen LogP) is 2.41. The summed E-state index contributed by atoms with van der Waals surface area (Å²) in [6, 6.07) is 4.95. The van der Waals surface area contributed by atoms with Crippen molar-refractivity contribution in [1.82, 2.24) is 15.2 Å². The molecule has 0 atom stereocenters. The van der Waals surface area contributed by atoms with Gasteiger partial charge in [0.25, 0.3) is 5.91 Å². The zero-order valence-electron chi connectivity index (χ0n) is 10.3. The van der Waals surface area contributed by atoms with Crippen LogP contribution in [0.3, 0.4) is 0 Å². The highest BCUT2D eigenvalue weighted by molar-refractivity contribution is 9.11. The van der Waals surface area contributed by atoms with E-state index >= 15 is 0 Å². The molecule has 1 aromatic carbocycles. The second kappa shape index (κ2) is 6.19. The van der Waals surface area contributed by atoms with Gasteiger partial charge in [0.05, 0.1) is 15.2 Å². The third-order valence-corrected chi connectivity index (χ3v) is 3.57. The van der Waals surface area contributed by atoms with Crippen molar-refractivity contribution in [3.05, 3.63) is 44.6 Å². The van der Waals surface area contributed by atoms with E-state index < -0.39 is 5.91 Å². The number of aromatic nitrogens is 2. The van der Waals surface area contributed by atoms with Gasteiger partial charge in [0, 0.05) is 13.2 Å². The molecule has 2 rings (SSSR count). The van der Waals surface area contributed by atoms with Gasteiger partial charge in [-0.3, -0.25) is 9.48 Å². The third kappa shape index (κ3) is 3.45. The first kappa shape index (κ1) is 14.7. The van der Waals surface area contributed by atoms with Gasteiger partial charge in [-0.1, -0.05) is 0 Å². The summed E-state index contributed by atoms with van der Waals surface area (Å²) in [7, 11) is 1.73. The third-order valence-electron chi connectivity index (χ3n) is 2.37. The minimum atomic E-state index is -0.390. The summed E-state index contributed by atoms with van der Waals surface area (Å²) in [5.41, 5.74) is 3.38. The summed E-state index contributed by atoms with van der Waals surface area (Å²) in [6.07, 6.45) is 3.14. The number of aromatic hydroxyl groups is 1. The number of halogens is 2. The second-order valence-corrected chi connectivity index (χ2v) is 5.62. The van der Waals surface area contributed by atoms with E-state index in [2.05, 4.69) is 47.5 Å². The molecule has 0 unspecified atom stereocenters. The molecule has 104 valence electrons. The van der Waals surface area contributed by atoms with Crippen molar-refractivity contribution in [2.24, 2.45) is 12.1 Å². The SMILES string of the molecule is Cn1ccc(C(=O)N/N=C/c2cc(Br)c(O)c(Br)c2)n1. The van der Waals surface area contributed by atoms with Gasteiger partial charge in [-0.25, -0.2) is 5.43 Å². The Balaban J connectivity index is 2.05. The van der Waals surface area contributed by atoms with Crippen LogP contribution in [0, 0.1) is 0 Å². The number of aryl methyl sites for hydroxylation is 1. The summed E-state index contributed by atoms with van der Waals surface area (Å²) in [5, 5.41) is 17.4. The smallest absolute Gasteiger partial charge is 0.291 e. The van der Waals surface area contributed by atoms with Crippen LogP contribution in [0.25, 0.3) is 0 Å². The molecule has 8 heteroatoms. The Morgan fingerprint density at radius 2 is 2.10 bits per heavy atom. The lowest BCUT2D eigenvalue weighted by atomic mass is 10.2. The zero-order chi connectivity index (χ0) is 14.7. The number of hydrazone groups is 1. The fraction of sp³-hybridized carbons (Fsp3) is 0.0833. The van der Waals surface area contributed by atoms with E-state index in [-0.39, 0.29) is 11.4 Å². The molecular formula is C12H10Br2N4O2. The average molecular weight is 402 g/mol. The Labute approximate surface area is 131 Å². The van der Waals surface area contributed by atoms with Crippen molar-refractivity contribution in [3.8, 4) is 5.75 Å². The van der Waals surface area contributed by atoms with E-state index in [0.717, 1.165) is 0 Å². The number of benzene rings is 1. The Morgan fingerprint density at radius 1 is 1.45 bits per heavy atom. The van der Waals surface area contributed by atoms with Crippen LogP contribution in [0.2, 0.25) is 0 Å². The largest absolute Gasteiger partial charge is 0.506 e. The van der Waals surface area contributed by atoms with Crippen LogP contribution in [-0.4, -0.2) is 27.0 Å². The number of phenols is 1. The van der Waals surface area contributed by atoms with Crippen molar-refractivity contribution in [3.63, 3.8) is 0 Å². The highest BCUT2D eigenvalue weighted by Gasteiger charge is 2.07. The lowest BCUT2D eigenvalue weighted by Crippen LogP contribution is -2.18. The number of amides is 1. The van der Waals surface area contributed by atoms with E-state index in [1.807, 2.05) is 0 Å². The fourth-order valence-electron chi connectivity index (χ4n) is 1.42. The summed E-state index contributed by atoms with van der Waals surface area (Å²) in [5.74, 6) is -0.279. The van der Waals surface area contributed by atoms with Gasteiger partial charge in [0.15, 0.2) is 5.69 Å². The lowest BCUT2D eigenvalue weighted by molar-refractivity contribution is 0.0949. The number of phenolic OH excluding ortho intramolecular Hbond substituents is 1. The first-order valence-electron chi connectivity index (χ1n) is 5.48. The van der Waals surface area contributed by atoms with Gasteiger partial charge in [-0.15, -0.1) is 0 Å². The summed E-state index contributed by atoms with van der Waals surface area (Å²) in [6.45, 7) is 0. The van der Waals surface area contributed by atoms with Gasteiger partial charge in [-0.2, -0.15) is 10.2 Å². The van der Waals surface area contributed by atoms with Crippen LogP contribution in [-0.2, 0) is 7.05 Å². The molecule has 0 fully saturated rings. The molecule has 0 aliphatic carbocycles. The summed E-state index contributed by atoms with van der Waals surface area (Å²) >= 11 is 6.43. The van der Waals surface area contributed by atoms with E-state index in [1.54, 1.807) is 31.4 Å². The van der Waals surface area contributed by atoms with Crippen molar-refractivity contribution in [2.45, 2.75) is 0 Å². The molecule has 0 radical (unpaired) electrons. The molecule has 0 aliphatic heterocycles. The molecule has 2 aromatic rings. The first-order chi connectivity index (χ1) is 9.47. The highest BCUT2D eigenvalue weighted by atomic mass is 79.9. The number of carbonyl (C=O) groups excluding carboxylic acids is 1. The van der Waals surface area contributed by atoms with Crippen LogP contribution < -0.4 is 5.43 Å². The normalized spacial score (nSPS) is 10.9. The van der Waals surface area contributed by atoms with Crippen LogP contribution in [0.1, 0.15) is 16.1 Å². The Hall–Kier alpha value is -1.67. The molecule has 0 bridgehead atoms.